The van der Waals surface area contributed by atoms with Crippen molar-refractivity contribution in [2.75, 3.05) is 11.9 Å². The number of aromatic nitrogens is 2. The highest BCUT2D eigenvalue weighted by Crippen LogP contribution is 2.27. The van der Waals surface area contributed by atoms with Gasteiger partial charge in [0.25, 0.3) is 0 Å². The summed E-state index contributed by atoms with van der Waals surface area (Å²) in [5.74, 6) is -0.145. The number of nitrogens with zero attached hydrogens (tertiary/aromatic N) is 3. The Morgan fingerprint density at radius 1 is 1.06 bits per heavy atom. The Bertz CT molecular complexity index is 1140. The van der Waals surface area contributed by atoms with Crippen molar-refractivity contribution in [3.05, 3.63) is 76.9 Å². The summed E-state index contributed by atoms with van der Waals surface area (Å²) in [5.41, 5.74) is 2.05. The molecule has 0 saturated heterocycles. The number of anilines is 1. The van der Waals surface area contributed by atoms with E-state index < -0.39 is 5.38 Å². The van der Waals surface area contributed by atoms with Gasteiger partial charge >= 0.3 is 0 Å². The third-order valence-corrected chi connectivity index (χ3v) is 6.04. The molecule has 0 bridgehead atoms. The zero-order valence-corrected chi connectivity index (χ0v) is 21.6. The molecule has 8 heteroatoms. The number of hydrogen-bond donors (Lipinski definition) is 1. The highest BCUT2D eigenvalue weighted by molar-refractivity contribution is 6.31. The number of hydrogen-bond acceptors (Lipinski definition) is 3. The van der Waals surface area contributed by atoms with Crippen molar-refractivity contribution >= 4 is 40.8 Å². The second kappa shape index (κ2) is 10.6. The molecule has 6 nitrogen and oxygen atoms in total. The van der Waals surface area contributed by atoms with Crippen LogP contribution in [0.25, 0.3) is 5.69 Å². The van der Waals surface area contributed by atoms with Crippen molar-refractivity contribution in [1.29, 1.82) is 0 Å². The van der Waals surface area contributed by atoms with Gasteiger partial charge in [-0.25, -0.2) is 4.68 Å². The topological polar surface area (TPSA) is 67.2 Å². The minimum atomic E-state index is -0.872. The molecule has 2 amide bonds. The maximum absolute atomic E-state index is 13.1. The minimum absolute atomic E-state index is 0.136. The highest BCUT2D eigenvalue weighted by Gasteiger charge is 2.28. The molecular formula is C26H30Cl2N4O2. The maximum atomic E-state index is 13.1. The van der Waals surface area contributed by atoms with Gasteiger partial charge in [-0.2, -0.15) is 5.10 Å². The summed E-state index contributed by atoms with van der Waals surface area (Å²) in [6.45, 7) is 9.73. The second-order valence-electron chi connectivity index (χ2n) is 9.43. The lowest BCUT2D eigenvalue weighted by Gasteiger charge is -2.28. The molecular weight excluding hydrogens is 471 g/mol. The van der Waals surface area contributed by atoms with E-state index in [0.29, 0.717) is 16.4 Å². The van der Waals surface area contributed by atoms with Gasteiger partial charge in [-0.05, 0) is 43.7 Å². The van der Waals surface area contributed by atoms with Gasteiger partial charge < -0.3 is 10.2 Å². The molecule has 1 N–H and O–H groups in total. The zero-order valence-electron chi connectivity index (χ0n) is 20.0. The molecule has 34 heavy (non-hydrogen) atoms. The lowest BCUT2D eigenvalue weighted by molar-refractivity contribution is -0.136. The van der Waals surface area contributed by atoms with Gasteiger partial charge in [-0.1, -0.05) is 62.7 Å². The lowest BCUT2D eigenvalue weighted by Crippen LogP contribution is -2.44. The summed E-state index contributed by atoms with van der Waals surface area (Å²) in [7, 11) is 0. The van der Waals surface area contributed by atoms with Gasteiger partial charge in [-0.3, -0.25) is 9.59 Å². The maximum Gasteiger partial charge on any atom is 0.245 e. The number of nitrogens with one attached hydrogen (secondary N) is 1. The number of benzene rings is 2. The molecule has 1 aromatic heterocycles. The molecule has 0 aliphatic carbocycles. The molecule has 0 aliphatic heterocycles. The predicted octanol–water partition coefficient (Wildman–Crippen LogP) is 5.98. The van der Waals surface area contributed by atoms with Gasteiger partial charge in [0.2, 0.25) is 11.8 Å². The molecule has 0 fully saturated rings. The minimum Gasteiger partial charge on any atom is -0.329 e. The van der Waals surface area contributed by atoms with E-state index in [2.05, 4.69) is 26.1 Å². The van der Waals surface area contributed by atoms with Crippen LogP contribution in [0.5, 0.6) is 0 Å². The first-order chi connectivity index (χ1) is 16.0. The molecule has 1 unspecified atom stereocenters. The number of halogens is 2. The van der Waals surface area contributed by atoms with Gasteiger partial charge in [-0.15, -0.1) is 11.6 Å². The molecule has 1 atom stereocenters. The SMILES string of the molecule is CC(C)N(CC(=O)Nc1cc(C(C)(C)C)nn1-c1ccc(Cl)cc1)C(=O)C(Cl)c1ccccc1. The van der Waals surface area contributed by atoms with E-state index in [4.69, 9.17) is 28.3 Å². The summed E-state index contributed by atoms with van der Waals surface area (Å²) in [5, 5.41) is 7.37. The Morgan fingerprint density at radius 3 is 2.24 bits per heavy atom. The van der Waals surface area contributed by atoms with Crippen molar-refractivity contribution in [1.82, 2.24) is 14.7 Å². The lowest BCUT2D eigenvalue weighted by atomic mass is 9.92. The standard InChI is InChI=1S/C26H30Cl2N4O2/c1-17(2)31(25(34)24(28)18-9-7-6-8-10-18)16-23(33)29-22-15-21(26(3,4)5)30-32(22)20-13-11-19(27)12-14-20/h6-15,17,24H,16H2,1-5H3,(H,29,33). The Balaban J connectivity index is 1.84. The van der Waals surface area contributed by atoms with E-state index in [1.165, 1.54) is 4.90 Å². The third kappa shape index (κ3) is 6.19. The molecule has 0 aliphatic rings. The van der Waals surface area contributed by atoms with Crippen LogP contribution in [0.4, 0.5) is 5.82 Å². The van der Waals surface area contributed by atoms with E-state index >= 15 is 0 Å². The van der Waals surface area contributed by atoms with E-state index in [-0.39, 0.29) is 29.8 Å². The molecule has 0 saturated carbocycles. The fraction of sp³-hybridized carbons (Fsp3) is 0.346. The monoisotopic (exact) mass is 500 g/mol. The first kappa shape index (κ1) is 25.8. The fourth-order valence-corrected chi connectivity index (χ4v) is 3.77. The van der Waals surface area contributed by atoms with Gasteiger partial charge in [0.05, 0.1) is 11.4 Å². The van der Waals surface area contributed by atoms with Crippen LogP contribution in [0.15, 0.2) is 60.7 Å². The quantitative estimate of drug-likeness (QED) is 0.405. The molecule has 1 heterocycles. The van der Waals surface area contributed by atoms with E-state index in [0.717, 1.165) is 11.4 Å². The van der Waals surface area contributed by atoms with Crippen LogP contribution in [0.3, 0.4) is 0 Å². The van der Waals surface area contributed by atoms with Gasteiger partial charge in [0.15, 0.2) is 0 Å². The third-order valence-electron chi connectivity index (χ3n) is 5.35. The van der Waals surface area contributed by atoms with E-state index in [1.54, 1.807) is 28.9 Å². The summed E-state index contributed by atoms with van der Waals surface area (Å²) >= 11 is 12.5. The average molecular weight is 501 g/mol. The smallest absolute Gasteiger partial charge is 0.245 e. The molecule has 3 rings (SSSR count). The molecule has 2 aromatic carbocycles. The number of carbonyl (C=O) groups is 2. The average Bonchev–Trinajstić information content (AvgIpc) is 3.21. The van der Waals surface area contributed by atoms with Crippen LogP contribution in [0, 0.1) is 0 Å². The van der Waals surface area contributed by atoms with Crippen molar-refractivity contribution in [2.24, 2.45) is 0 Å². The van der Waals surface area contributed by atoms with Gasteiger partial charge in [0, 0.05) is 22.5 Å². The molecule has 0 radical (unpaired) electrons. The van der Waals surface area contributed by atoms with Crippen LogP contribution in [-0.2, 0) is 15.0 Å². The summed E-state index contributed by atoms with van der Waals surface area (Å²) in [4.78, 5) is 27.7. The Kier molecular flexibility index (Phi) is 8.05. The predicted molar refractivity (Wildman–Crippen MR) is 138 cm³/mol. The largest absolute Gasteiger partial charge is 0.329 e. The Hall–Kier alpha value is -2.83. The first-order valence-corrected chi connectivity index (χ1v) is 11.9. The molecule has 180 valence electrons. The van der Waals surface area contributed by atoms with Crippen LogP contribution < -0.4 is 5.32 Å². The number of carbonyl (C=O) groups excluding carboxylic acids is 2. The summed E-state index contributed by atoms with van der Waals surface area (Å²) < 4.78 is 1.67. The van der Waals surface area contributed by atoms with Crippen molar-refractivity contribution in [3.63, 3.8) is 0 Å². The van der Waals surface area contributed by atoms with Gasteiger partial charge in [0.1, 0.15) is 17.7 Å². The summed E-state index contributed by atoms with van der Waals surface area (Å²) in [6, 6.07) is 18.0. The van der Waals surface area contributed by atoms with Crippen LogP contribution in [0.1, 0.15) is 51.3 Å². The van der Waals surface area contributed by atoms with Crippen molar-refractivity contribution in [2.45, 2.75) is 51.5 Å². The first-order valence-electron chi connectivity index (χ1n) is 11.1. The fourth-order valence-electron chi connectivity index (χ4n) is 3.38. The number of alkyl halides is 1. The highest BCUT2D eigenvalue weighted by atomic mass is 35.5. The molecule has 0 spiro atoms. The van der Waals surface area contributed by atoms with Crippen molar-refractivity contribution < 1.29 is 9.59 Å². The number of rotatable bonds is 7. The molecule has 3 aromatic rings. The second-order valence-corrected chi connectivity index (χ2v) is 10.3. The van der Waals surface area contributed by atoms with Crippen LogP contribution in [0.2, 0.25) is 5.02 Å². The van der Waals surface area contributed by atoms with E-state index in [9.17, 15) is 9.59 Å². The van der Waals surface area contributed by atoms with Crippen LogP contribution >= 0.6 is 23.2 Å². The Labute approximate surface area is 210 Å². The van der Waals surface area contributed by atoms with Crippen LogP contribution in [-0.4, -0.2) is 39.1 Å². The number of amides is 2. The van der Waals surface area contributed by atoms with Crippen molar-refractivity contribution in [3.8, 4) is 5.69 Å². The zero-order chi connectivity index (χ0) is 25.0. The normalized spacial score (nSPS) is 12.5. The Morgan fingerprint density at radius 2 is 1.68 bits per heavy atom. The summed E-state index contributed by atoms with van der Waals surface area (Å²) in [6.07, 6.45) is 0. The van der Waals surface area contributed by atoms with E-state index in [1.807, 2.05) is 50.2 Å².